The monoisotopic (exact) mass is 296 g/mol. The SMILES string of the molecule is Cc1ccc(C(F)(F)F)c(B2Oc3cccc(F)c3O2)c1. The van der Waals surface area contributed by atoms with Crippen molar-refractivity contribution in [1.29, 1.82) is 0 Å². The minimum absolute atomic E-state index is 0.0923. The summed E-state index contributed by atoms with van der Waals surface area (Å²) in [5.41, 5.74) is -0.397. The summed E-state index contributed by atoms with van der Waals surface area (Å²) in [6, 6.07) is 7.66. The van der Waals surface area contributed by atoms with Crippen molar-refractivity contribution in [2.75, 3.05) is 0 Å². The number of halogens is 4. The van der Waals surface area contributed by atoms with Crippen molar-refractivity contribution >= 4 is 12.6 Å². The van der Waals surface area contributed by atoms with E-state index in [4.69, 9.17) is 9.31 Å². The maximum atomic E-state index is 13.6. The van der Waals surface area contributed by atoms with Crippen LogP contribution < -0.4 is 14.8 Å². The minimum atomic E-state index is -4.54. The fourth-order valence-corrected chi connectivity index (χ4v) is 2.20. The van der Waals surface area contributed by atoms with Gasteiger partial charge in [-0.15, -0.1) is 0 Å². The molecule has 0 atom stereocenters. The third-order valence-corrected chi connectivity index (χ3v) is 3.16. The van der Waals surface area contributed by atoms with E-state index in [0.717, 1.165) is 12.1 Å². The molecule has 0 fully saturated rings. The van der Waals surface area contributed by atoms with Crippen LogP contribution in [-0.2, 0) is 6.18 Å². The maximum absolute atomic E-state index is 13.6. The van der Waals surface area contributed by atoms with Crippen molar-refractivity contribution < 1.29 is 26.9 Å². The summed E-state index contributed by atoms with van der Waals surface area (Å²) in [7, 11) is -1.31. The zero-order valence-electron chi connectivity index (χ0n) is 10.9. The lowest BCUT2D eigenvalue weighted by Crippen LogP contribution is -2.43. The van der Waals surface area contributed by atoms with Crippen LogP contribution in [0.15, 0.2) is 36.4 Å². The molecule has 21 heavy (non-hydrogen) atoms. The van der Waals surface area contributed by atoms with Gasteiger partial charge in [0.25, 0.3) is 0 Å². The average molecular weight is 296 g/mol. The van der Waals surface area contributed by atoms with Gasteiger partial charge >= 0.3 is 13.3 Å². The molecule has 1 heterocycles. The summed E-state index contributed by atoms with van der Waals surface area (Å²) in [5, 5.41) is 0. The highest BCUT2D eigenvalue weighted by atomic mass is 19.4. The summed E-state index contributed by atoms with van der Waals surface area (Å²) < 4.78 is 63.3. The molecule has 0 unspecified atom stereocenters. The largest absolute Gasteiger partial charge is 0.633 e. The van der Waals surface area contributed by atoms with Crippen LogP contribution in [0.2, 0.25) is 0 Å². The van der Waals surface area contributed by atoms with Crippen LogP contribution in [0.1, 0.15) is 11.1 Å². The van der Waals surface area contributed by atoms with E-state index < -0.39 is 24.7 Å². The van der Waals surface area contributed by atoms with E-state index in [1.807, 2.05) is 0 Å². The average Bonchev–Trinajstić information content (AvgIpc) is 2.82. The molecular formula is C14H9BF4O2. The van der Waals surface area contributed by atoms with Crippen LogP contribution in [-0.4, -0.2) is 7.12 Å². The van der Waals surface area contributed by atoms with Gasteiger partial charge in [0.2, 0.25) is 0 Å². The normalized spacial score (nSPS) is 13.7. The Balaban J connectivity index is 2.04. The first kappa shape index (κ1) is 13.8. The summed E-state index contributed by atoms with van der Waals surface area (Å²) >= 11 is 0. The van der Waals surface area contributed by atoms with E-state index in [0.29, 0.717) is 5.56 Å². The Kier molecular flexibility index (Phi) is 3.08. The van der Waals surface area contributed by atoms with Crippen LogP contribution in [0.3, 0.4) is 0 Å². The van der Waals surface area contributed by atoms with E-state index in [9.17, 15) is 17.6 Å². The predicted octanol–water partition coefficient (Wildman–Crippen LogP) is 3.32. The van der Waals surface area contributed by atoms with Crippen LogP contribution in [0.4, 0.5) is 17.6 Å². The molecule has 1 aliphatic rings. The lowest BCUT2D eigenvalue weighted by molar-refractivity contribution is -0.136. The molecule has 2 aromatic rings. The lowest BCUT2D eigenvalue weighted by atomic mass is 9.75. The van der Waals surface area contributed by atoms with E-state index in [-0.39, 0.29) is 17.0 Å². The molecule has 0 amide bonds. The zero-order valence-corrected chi connectivity index (χ0v) is 10.9. The van der Waals surface area contributed by atoms with Crippen molar-refractivity contribution in [3.05, 3.63) is 53.3 Å². The second-order valence-corrected chi connectivity index (χ2v) is 4.72. The van der Waals surface area contributed by atoms with E-state index in [1.165, 1.54) is 24.3 Å². The maximum Gasteiger partial charge on any atom is 0.633 e. The van der Waals surface area contributed by atoms with Crippen LogP contribution in [0, 0.1) is 12.7 Å². The van der Waals surface area contributed by atoms with Crippen LogP contribution >= 0.6 is 0 Å². The number of para-hydroxylation sites is 1. The topological polar surface area (TPSA) is 18.5 Å². The number of hydrogen-bond donors (Lipinski definition) is 0. The molecule has 0 saturated heterocycles. The second-order valence-electron chi connectivity index (χ2n) is 4.72. The fraction of sp³-hybridized carbons (Fsp3) is 0.143. The first-order valence-corrected chi connectivity index (χ1v) is 6.16. The Hall–Kier alpha value is -2.18. The third-order valence-electron chi connectivity index (χ3n) is 3.16. The van der Waals surface area contributed by atoms with Gasteiger partial charge in [-0.1, -0.05) is 29.8 Å². The van der Waals surface area contributed by atoms with Gasteiger partial charge in [0.15, 0.2) is 11.6 Å². The Morgan fingerprint density at radius 1 is 1.05 bits per heavy atom. The highest BCUT2D eigenvalue weighted by molar-refractivity contribution is 6.64. The van der Waals surface area contributed by atoms with Crippen molar-refractivity contribution in [3.8, 4) is 11.5 Å². The summed E-state index contributed by atoms with van der Waals surface area (Å²) in [6.07, 6.45) is -4.54. The Morgan fingerprint density at radius 3 is 2.48 bits per heavy atom. The molecule has 0 N–H and O–H groups in total. The van der Waals surface area contributed by atoms with Gasteiger partial charge in [0.05, 0.1) is 5.56 Å². The van der Waals surface area contributed by atoms with Crippen molar-refractivity contribution in [2.24, 2.45) is 0 Å². The second kappa shape index (κ2) is 4.68. The highest BCUT2D eigenvalue weighted by Gasteiger charge is 2.43. The summed E-state index contributed by atoms with van der Waals surface area (Å²) in [6.45, 7) is 1.66. The summed E-state index contributed by atoms with van der Waals surface area (Å²) in [4.78, 5) is 0. The lowest BCUT2D eigenvalue weighted by Gasteiger charge is -2.14. The predicted molar refractivity (Wildman–Crippen MR) is 69.2 cm³/mol. The van der Waals surface area contributed by atoms with Gasteiger partial charge in [0.1, 0.15) is 5.75 Å². The molecule has 0 bridgehead atoms. The number of alkyl halides is 3. The van der Waals surface area contributed by atoms with Gasteiger partial charge in [-0.3, -0.25) is 0 Å². The number of aryl methyl sites for hydroxylation is 1. The molecule has 3 rings (SSSR count). The quantitative estimate of drug-likeness (QED) is 0.593. The highest BCUT2D eigenvalue weighted by Crippen LogP contribution is 2.37. The van der Waals surface area contributed by atoms with Crippen molar-refractivity contribution in [2.45, 2.75) is 13.1 Å². The minimum Gasteiger partial charge on any atom is -0.519 e. The summed E-state index contributed by atoms with van der Waals surface area (Å²) in [5.74, 6) is -0.747. The van der Waals surface area contributed by atoms with E-state index >= 15 is 0 Å². The molecule has 2 nitrogen and oxygen atoms in total. The zero-order chi connectivity index (χ0) is 15.2. The number of benzene rings is 2. The molecule has 0 aliphatic carbocycles. The number of rotatable bonds is 1. The molecule has 0 aromatic heterocycles. The number of hydrogen-bond acceptors (Lipinski definition) is 2. The van der Waals surface area contributed by atoms with Crippen LogP contribution in [0.25, 0.3) is 0 Å². The molecule has 7 heteroatoms. The van der Waals surface area contributed by atoms with Gasteiger partial charge in [-0.25, -0.2) is 4.39 Å². The molecule has 2 aromatic carbocycles. The Labute approximate surface area is 118 Å². The number of fused-ring (bicyclic) bond motifs is 1. The molecule has 0 radical (unpaired) electrons. The fourth-order valence-electron chi connectivity index (χ4n) is 2.20. The van der Waals surface area contributed by atoms with Gasteiger partial charge in [0, 0.05) is 5.46 Å². The van der Waals surface area contributed by atoms with E-state index in [1.54, 1.807) is 6.92 Å². The standard InChI is InChI=1S/C14H9BF4O2/c1-8-5-6-9(14(17,18)19)10(7-8)15-20-12-4-2-3-11(16)13(12)21-15/h2-7H,1H3. The smallest absolute Gasteiger partial charge is 0.519 e. The van der Waals surface area contributed by atoms with E-state index in [2.05, 4.69) is 0 Å². The molecule has 1 aliphatic heterocycles. The van der Waals surface area contributed by atoms with Crippen molar-refractivity contribution in [1.82, 2.24) is 0 Å². The Bertz CT molecular complexity index is 700. The molecule has 0 saturated carbocycles. The first-order chi connectivity index (χ1) is 9.86. The van der Waals surface area contributed by atoms with Crippen LogP contribution in [0.5, 0.6) is 11.5 Å². The third kappa shape index (κ3) is 2.43. The van der Waals surface area contributed by atoms with Gasteiger partial charge in [-0.2, -0.15) is 13.2 Å². The first-order valence-electron chi connectivity index (χ1n) is 6.16. The van der Waals surface area contributed by atoms with Gasteiger partial charge in [-0.05, 0) is 19.1 Å². The molecule has 108 valence electrons. The van der Waals surface area contributed by atoms with Gasteiger partial charge < -0.3 is 9.31 Å². The van der Waals surface area contributed by atoms with Crippen molar-refractivity contribution in [3.63, 3.8) is 0 Å². The Morgan fingerprint density at radius 2 is 1.81 bits per heavy atom. The molecule has 0 spiro atoms. The molecular weight excluding hydrogens is 287 g/mol.